The normalized spacial score (nSPS) is 16.3. The SMILES string of the molecule is Cc1cc(NC(=O)C2CC(=O)N(Cc3ccccn3)C2)n(-c2cccc(Cl)c2)n1. The van der Waals surface area contributed by atoms with E-state index >= 15 is 0 Å². The van der Waals surface area contributed by atoms with Crippen LogP contribution in [0, 0.1) is 12.8 Å². The second-order valence-electron chi connectivity index (χ2n) is 7.05. The molecule has 2 aromatic heterocycles. The van der Waals surface area contributed by atoms with Crippen molar-refractivity contribution in [1.82, 2.24) is 19.7 Å². The van der Waals surface area contributed by atoms with Gasteiger partial charge in [0.2, 0.25) is 11.8 Å². The first-order valence-corrected chi connectivity index (χ1v) is 9.68. The monoisotopic (exact) mass is 409 g/mol. The summed E-state index contributed by atoms with van der Waals surface area (Å²) < 4.78 is 1.64. The number of hydrogen-bond acceptors (Lipinski definition) is 4. The van der Waals surface area contributed by atoms with Crippen LogP contribution in [-0.2, 0) is 16.1 Å². The highest BCUT2D eigenvalue weighted by atomic mass is 35.5. The Bertz CT molecular complexity index is 1050. The van der Waals surface area contributed by atoms with Crippen molar-refractivity contribution < 1.29 is 9.59 Å². The van der Waals surface area contributed by atoms with Crippen LogP contribution in [0.15, 0.2) is 54.7 Å². The Morgan fingerprint density at radius 3 is 2.86 bits per heavy atom. The number of anilines is 1. The van der Waals surface area contributed by atoms with E-state index in [2.05, 4.69) is 15.4 Å². The Morgan fingerprint density at radius 2 is 2.10 bits per heavy atom. The zero-order valence-corrected chi connectivity index (χ0v) is 16.6. The zero-order chi connectivity index (χ0) is 20.4. The van der Waals surface area contributed by atoms with E-state index in [-0.39, 0.29) is 18.2 Å². The molecular weight excluding hydrogens is 390 g/mol. The van der Waals surface area contributed by atoms with Gasteiger partial charge in [-0.2, -0.15) is 5.10 Å². The lowest BCUT2D eigenvalue weighted by atomic mass is 10.1. The van der Waals surface area contributed by atoms with Gasteiger partial charge in [0.05, 0.1) is 29.5 Å². The summed E-state index contributed by atoms with van der Waals surface area (Å²) in [6.07, 6.45) is 1.88. The lowest BCUT2D eigenvalue weighted by molar-refractivity contribution is -0.128. The van der Waals surface area contributed by atoms with Gasteiger partial charge in [-0.05, 0) is 37.3 Å². The first kappa shape index (κ1) is 19.1. The molecule has 7 nitrogen and oxygen atoms in total. The molecule has 0 saturated carbocycles. The molecule has 1 saturated heterocycles. The molecule has 1 aromatic carbocycles. The molecule has 3 heterocycles. The minimum atomic E-state index is -0.422. The first-order chi connectivity index (χ1) is 14.0. The summed E-state index contributed by atoms with van der Waals surface area (Å²) in [4.78, 5) is 31.1. The van der Waals surface area contributed by atoms with E-state index < -0.39 is 5.92 Å². The standard InChI is InChI=1S/C21H20ClN5O2/c1-14-9-19(27(25-14)18-7-4-5-16(22)11-18)24-21(29)15-10-20(28)26(12-15)13-17-6-2-3-8-23-17/h2-9,11,15H,10,12-13H2,1H3,(H,24,29). The van der Waals surface area contributed by atoms with E-state index in [0.29, 0.717) is 23.9 Å². The Hall–Kier alpha value is -3.19. The van der Waals surface area contributed by atoms with Gasteiger partial charge in [-0.3, -0.25) is 14.6 Å². The van der Waals surface area contributed by atoms with E-state index in [1.54, 1.807) is 34.0 Å². The molecule has 4 rings (SSSR count). The molecule has 0 radical (unpaired) electrons. The number of rotatable bonds is 5. The highest BCUT2D eigenvalue weighted by Crippen LogP contribution is 2.24. The molecule has 0 aliphatic carbocycles. The number of hydrogen-bond donors (Lipinski definition) is 1. The van der Waals surface area contributed by atoms with E-state index in [0.717, 1.165) is 17.1 Å². The number of pyridine rings is 1. The maximum atomic E-state index is 12.8. The van der Waals surface area contributed by atoms with E-state index in [4.69, 9.17) is 11.6 Å². The Morgan fingerprint density at radius 1 is 1.24 bits per heavy atom. The molecule has 1 aliphatic heterocycles. The van der Waals surface area contributed by atoms with Crippen molar-refractivity contribution in [2.75, 3.05) is 11.9 Å². The first-order valence-electron chi connectivity index (χ1n) is 9.31. The van der Waals surface area contributed by atoms with Gasteiger partial charge in [-0.1, -0.05) is 23.7 Å². The van der Waals surface area contributed by atoms with Crippen LogP contribution in [0.2, 0.25) is 5.02 Å². The molecule has 1 atom stereocenters. The Balaban J connectivity index is 1.47. The molecule has 3 aromatic rings. The van der Waals surface area contributed by atoms with Crippen molar-refractivity contribution in [3.63, 3.8) is 0 Å². The van der Waals surface area contributed by atoms with Crippen molar-refractivity contribution in [3.8, 4) is 5.69 Å². The van der Waals surface area contributed by atoms with Gasteiger partial charge in [0.1, 0.15) is 5.82 Å². The molecule has 1 N–H and O–H groups in total. The number of benzene rings is 1. The quantitative estimate of drug-likeness (QED) is 0.701. The fraction of sp³-hybridized carbons (Fsp3) is 0.238. The lowest BCUT2D eigenvalue weighted by Crippen LogP contribution is -2.28. The van der Waals surface area contributed by atoms with E-state index in [9.17, 15) is 9.59 Å². The second-order valence-corrected chi connectivity index (χ2v) is 7.48. The van der Waals surface area contributed by atoms with Crippen LogP contribution in [0.1, 0.15) is 17.8 Å². The van der Waals surface area contributed by atoms with Crippen LogP contribution in [0.4, 0.5) is 5.82 Å². The summed E-state index contributed by atoms with van der Waals surface area (Å²) in [6.45, 7) is 2.62. The predicted molar refractivity (Wildman–Crippen MR) is 110 cm³/mol. The van der Waals surface area contributed by atoms with Crippen molar-refractivity contribution in [2.45, 2.75) is 19.9 Å². The summed E-state index contributed by atoms with van der Waals surface area (Å²) >= 11 is 6.09. The number of aromatic nitrogens is 3. The molecule has 29 heavy (non-hydrogen) atoms. The molecular formula is C21H20ClN5O2. The molecule has 8 heteroatoms. The maximum absolute atomic E-state index is 12.8. The Labute approximate surface area is 173 Å². The lowest BCUT2D eigenvalue weighted by Gasteiger charge is -2.16. The third-order valence-corrected chi connectivity index (χ3v) is 5.03. The van der Waals surface area contributed by atoms with Gasteiger partial charge >= 0.3 is 0 Å². The van der Waals surface area contributed by atoms with Crippen LogP contribution >= 0.6 is 11.6 Å². The molecule has 2 amide bonds. The summed E-state index contributed by atoms with van der Waals surface area (Å²) in [5.74, 6) is -0.125. The van der Waals surface area contributed by atoms with Crippen LogP contribution in [-0.4, -0.2) is 38.0 Å². The fourth-order valence-corrected chi connectivity index (χ4v) is 3.59. The molecule has 0 bridgehead atoms. The number of carbonyl (C=O) groups excluding carboxylic acids is 2. The average Bonchev–Trinajstić information content (AvgIpc) is 3.25. The van der Waals surface area contributed by atoms with Crippen LogP contribution in [0.25, 0.3) is 5.69 Å². The average molecular weight is 410 g/mol. The van der Waals surface area contributed by atoms with Crippen LogP contribution < -0.4 is 5.32 Å². The molecule has 0 spiro atoms. The fourth-order valence-electron chi connectivity index (χ4n) is 3.41. The van der Waals surface area contributed by atoms with Gasteiger partial charge in [0, 0.05) is 30.3 Å². The molecule has 1 aliphatic rings. The van der Waals surface area contributed by atoms with Gasteiger partial charge in [0.25, 0.3) is 0 Å². The summed E-state index contributed by atoms with van der Waals surface area (Å²) in [5, 5.41) is 7.95. The number of nitrogens with zero attached hydrogens (tertiary/aromatic N) is 4. The number of aryl methyl sites for hydroxylation is 1. The maximum Gasteiger partial charge on any atom is 0.230 e. The van der Waals surface area contributed by atoms with E-state index in [1.807, 2.05) is 37.3 Å². The predicted octanol–water partition coefficient (Wildman–Crippen LogP) is 3.22. The summed E-state index contributed by atoms with van der Waals surface area (Å²) in [6, 6.07) is 14.6. The zero-order valence-electron chi connectivity index (χ0n) is 15.9. The van der Waals surface area contributed by atoms with Crippen LogP contribution in [0.5, 0.6) is 0 Å². The minimum Gasteiger partial charge on any atom is -0.336 e. The number of amides is 2. The molecule has 148 valence electrons. The van der Waals surface area contributed by atoms with Crippen molar-refractivity contribution in [3.05, 3.63) is 71.1 Å². The smallest absolute Gasteiger partial charge is 0.230 e. The largest absolute Gasteiger partial charge is 0.336 e. The molecule has 1 unspecified atom stereocenters. The minimum absolute atomic E-state index is 0.0460. The highest BCUT2D eigenvalue weighted by molar-refractivity contribution is 6.30. The van der Waals surface area contributed by atoms with Crippen LogP contribution in [0.3, 0.4) is 0 Å². The van der Waals surface area contributed by atoms with Gasteiger partial charge in [-0.25, -0.2) is 4.68 Å². The third-order valence-electron chi connectivity index (χ3n) is 4.80. The van der Waals surface area contributed by atoms with Gasteiger partial charge in [0.15, 0.2) is 0 Å². The van der Waals surface area contributed by atoms with Crippen molar-refractivity contribution >= 4 is 29.2 Å². The van der Waals surface area contributed by atoms with E-state index in [1.165, 1.54) is 0 Å². The number of halogens is 1. The Kier molecular flexibility index (Phi) is 5.31. The highest BCUT2D eigenvalue weighted by Gasteiger charge is 2.34. The van der Waals surface area contributed by atoms with Gasteiger partial charge in [-0.15, -0.1) is 0 Å². The number of carbonyl (C=O) groups is 2. The molecule has 1 fully saturated rings. The number of nitrogens with one attached hydrogen (secondary N) is 1. The summed E-state index contributed by atoms with van der Waals surface area (Å²) in [7, 11) is 0. The van der Waals surface area contributed by atoms with Crippen molar-refractivity contribution in [1.29, 1.82) is 0 Å². The topological polar surface area (TPSA) is 80.1 Å². The second kappa shape index (κ2) is 8.05. The third kappa shape index (κ3) is 4.30. The number of likely N-dealkylation sites (tertiary alicyclic amines) is 1. The summed E-state index contributed by atoms with van der Waals surface area (Å²) in [5.41, 5.74) is 2.32. The van der Waals surface area contributed by atoms with Crippen molar-refractivity contribution in [2.24, 2.45) is 5.92 Å². The van der Waals surface area contributed by atoms with Gasteiger partial charge < -0.3 is 10.2 Å².